The molecule has 2 heterocycles. The third-order valence-electron chi connectivity index (χ3n) is 5.31. The minimum Gasteiger partial charge on any atom is -0.370 e. The molecule has 4 rings (SSSR count). The molecule has 0 radical (unpaired) electrons. The Hall–Kier alpha value is -3.68. The van der Waals surface area contributed by atoms with E-state index in [0.29, 0.717) is 11.1 Å². The molecule has 0 fully saturated rings. The zero-order valence-corrected chi connectivity index (χ0v) is 18.5. The Balaban J connectivity index is 1.70. The van der Waals surface area contributed by atoms with Gasteiger partial charge >= 0.3 is 6.18 Å². The van der Waals surface area contributed by atoms with Crippen LogP contribution in [0.25, 0.3) is 34.0 Å². The van der Waals surface area contributed by atoms with Gasteiger partial charge in [-0.3, -0.25) is 0 Å². The number of nitrogens with zero attached hydrogens (tertiary/aromatic N) is 3. The van der Waals surface area contributed by atoms with Crippen molar-refractivity contribution >= 4 is 5.82 Å². The Morgan fingerprint density at radius 3 is 2.42 bits per heavy atom. The second-order valence-electron chi connectivity index (χ2n) is 7.81. The highest BCUT2D eigenvalue weighted by molar-refractivity contribution is 5.74. The van der Waals surface area contributed by atoms with E-state index in [1.165, 1.54) is 6.07 Å². The van der Waals surface area contributed by atoms with Gasteiger partial charge < -0.3 is 9.84 Å². The average molecular weight is 452 g/mol. The minimum absolute atomic E-state index is 0.0117. The molecule has 0 bridgehead atoms. The van der Waals surface area contributed by atoms with E-state index in [9.17, 15) is 13.2 Å². The Labute approximate surface area is 189 Å². The topological polar surface area (TPSA) is 63.8 Å². The molecule has 0 amide bonds. The van der Waals surface area contributed by atoms with E-state index in [2.05, 4.69) is 27.4 Å². The second kappa shape index (κ2) is 9.05. The molecule has 0 aliphatic heterocycles. The highest BCUT2D eigenvalue weighted by Crippen LogP contribution is 2.40. The smallest absolute Gasteiger partial charge is 0.370 e. The first kappa shape index (κ1) is 22.5. The van der Waals surface area contributed by atoms with Crippen LogP contribution in [0.15, 0.2) is 59.3 Å². The predicted molar refractivity (Wildman–Crippen MR) is 122 cm³/mol. The Kier molecular flexibility index (Phi) is 6.18. The van der Waals surface area contributed by atoms with Crippen molar-refractivity contribution in [2.45, 2.75) is 33.4 Å². The van der Waals surface area contributed by atoms with Crippen LogP contribution in [0.1, 0.15) is 30.0 Å². The van der Waals surface area contributed by atoms with E-state index in [4.69, 9.17) is 4.52 Å². The van der Waals surface area contributed by atoms with Gasteiger partial charge in [-0.05, 0) is 60.7 Å². The van der Waals surface area contributed by atoms with Crippen LogP contribution in [0, 0.1) is 13.8 Å². The van der Waals surface area contributed by atoms with Crippen LogP contribution in [0.5, 0.6) is 0 Å². The molecular weight excluding hydrogens is 429 g/mol. The van der Waals surface area contributed by atoms with E-state index in [0.717, 1.165) is 36.0 Å². The van der Waals surface area contributed by atoms with Gasteiger partial charge in [-0.15, -0.1) is 0 Å². The SMILES string of the molecule is CCCNc1ncc(-c2noc(-c3ccc(-c4ccccc4C)c(C(F)(F)F)c3)n2)cc1C. The minimum atomic E-state index is -4.54. The molecule has 0 aliphatic rings. The van der Waals surface area contributed by atoms with Gasteiger partial charge in [0, 0.05) is 23.9 Å². The number of rotatable bonds is 6. The number of aryl methyl sites for hydroxylation is 2. The predicted octanol–water partition coefficient (Wildman–Crippen LogP) is 6.92. The zero-order valence-electron chi connectivity index (χ0n) is 18.5. The molecule has 5 nitrogen and oxygen atoms in total. The van der Waals surface area contributed by atoms with Crippen molar-refractivity contribution < 1.29 is 17.7 Å². The average Bonchev–Trinajstić information content (AvgIpc) is 3.28. The van der Waals surface area contributed by atoms with E-state index in [1.807, 2.05) is 13.0 Å². The second-order valence-corrected chi connectivity index (χ2v) is 7.81. The number of anilines is 1. The van der Waals surface area contributed by atoms with Gasteiger partial charge in [-0.25, -0.2) is 4.98 Å². The normalized spacial score (nSPS) is 11.6. The Bertz CT molecular complexity index is 1280. The Morgan fingerprint density at radius 2 is 1.73 bits per heavy atom. The molecule has 2 aromatic carbocycles. The summed E-state index contributed by atoms with van der Waals surface area (Å²) < 4.78 is 47.1. The fourth-order valence-electron chi connectivity index (χ4n) is 3.61. The summed E-state index contributed by atoms with van der Waals surface area (Å²) in [7, 11) is 0. The van der Waals surface area contributed by atoms with E-state index >= 15 is 0 Å². The number of aromatic nitrogens is 3. The molecule has 0 unspecified atom stereocenters. The van der Waals surface area contributed by atoms with Crippen molar-refractivity contribution in [1.29, 1.82) is 0 Å². The Morgan fingerprint density at radius 1 is 0.939 bits per heavy atom. The first-order valence-electron chi connectivity index (χ1n) is 10.6. The summed E-state index contributed by atoms with van der Waals surface area (Å²) in [5.41, 5.74) is 2.38. The molecule has 33 heavy (non-hydrogen) atoms. The molecule has 0 aliphatic carbocycles. The molecule has 170 valence electrons. The number of pyridine rings is 1. The summed E-state index contributed by atoms with van der Waals surface area (Å²) in [6.07, 6.45) is -1.96. The fourth-order valence-corrected chi connectivity index (χ4v) is 3.61. The van der Waals surface area contributed by atoms with E-state index < -0.39 is 11.7 Å². The lowest BCUT2D eigenvalue weighted by Crippen LogP contribution is -2.08. The summed E-state index contributed by atoms with van der Waals surface area (Å²) in [5, 5.41) is 7.19. The molecule has 4 aromatic rings. The van der Waals surface area contributed by atoms with Crippen LogP contribution in [0.4, 0.5) is 19.0 Å². The van der Waals surface area contributed by atoms with Crippen LogP contribution in [-0.2, 0) is 6.18 Å². The van der Waals surface area contributed by atoms with E-state index in [-0.39, 0.29) is 22.8 Å². The third kappa shape index (κ3) is 4.74. The largest absolute Gasteiger partial charge is 0.417 e. The van der Waals surface area contributed by atoms with Crippen molar-refractivity contribution in [2.24, 2.45) is 0 Å². The van der Waals surface area contributed by atoms with Crippen LogP contribution in [-0.4, -0.2) is 21.7 Å². The standard InChI is InChI=1S/C25H23F3N4O/c1-4-11-29-22-16(3)12-18(14-30-22)23-31-24(33-32-23)17-9-10-20(21(13-17)25(26,27)28)19-8-6-5-7-15(19)2/h5-10,12-14H,4,11H2,1-3H3,(H,29,30). The summed E-state index contributed by atoms with van der Waals surface area (Å²) >= 11 is 0. The van der Waals surface area contributed by atoms with Crippen molar-refractivity contribution in [3.63, 3.8) is 0 Å². The molecular formula is C25H23F3N4O. The molecule has 2 aromatic heterocycles. The highest BCUT2D eigenvalue weighted by atomic mass is 19.4. The molecule has 1 N–H and O–H groups in total. The maximum absolute atomic E-state index is 13.9. The third-order valence-corrected chi connectivity index (χ3v) is 5.31. The van der Waals surface area contributed by atoms with Gasteiger partial charge in [0.2, 0.25) is 5.82 Å². The number of halogens is 3. The maximum atomic E-state index is 13.9. The summed E-state index contributed by atoms with van der Waals surface area (Å²) in [5.74, 6) is 1.04. The van der Waals surface area contributed by atoms with Crippen molar-refractivity contribution in [3.8, 4) is 34.0 Å². The number of nitrogens with one attached hydrogen (secondary N) is 1. The fraction of sp³-hybridized carbons (Fsp3) is 0.240. The van der Waals surface area contributed by atoms with Crippen LogP contribution >= 0.6 is 0 Å². The molecule has 0 saturated carbocycles. The first-order chi connectivity index (χ1) is 15.8. The lowest BCUT2D eigenvalue weighted by atomic mass is 9.94. The van der Waals surface area contributed by atoms with Crippen LogP contribution in [0.2, 0.25) is 0 Å². The van der Waals surface area contributed by atoms with Gasteiger partial charge in [0.05, 0.1) is 5.56 Å². The van der Waals surface area contributed by atoms with Gasteiger partial charge in [0.15, 0.2) is 0 Å². The van der Waals surface area contributed by atoms with Gasteiger partial charge in [-0.2, -0.15) is 18.2 Å². The number of hydrogen-bond acceptors (Lipinski definition) is 5. The van der Waals surface area contributed by atoms with E-state index in [1.54, 1.807) is 43.5 Å². The first-order valence-corrected chi connectivity index (χ1v) is 10.6. The molecule has 0 atom stereocenters. The zero-order chi connectivity index (χ0) is 23.6. The molecule has 0 spiro atoms. The van der Waals surface area contributed by atoms with Gasteiger partial charge in [0.25, 0.3) is 5.89 Å². The van der Waals surface area contributed by atoms with Crippen molar-refractivity contribution in [2.75, 3.05) is 11.9 Å². The highest BCUT2D eigenvalue weighted by Gasteiger charge is 2.34. The summed E-state index contributed by atoms with van der Waals surface area (Å²) in [4.78, 5) is 8.71. The number of hydrogen-bond donors (Lipinski definition) is 1. The quantitative estimate of drug-likeness (QED) is 0.344. The lowest BCUT2D eigenvalue weighted by molar-refractivity contribution is -0.137. The van der Waals surface area contributed by atoms with Crippen molar-refractivity contribution in [3.05, 3.63) is 71.4 Å². The van der Waals surface area contributed by atoms with Gasteiger partial charge in [0.1, 0.15) is 5.82 Å². The summed E-state index contributed by atoms with van der Waals surface area (Å²) in [6, 6.07) is 12.9. The van der Waals surface area contributed by atoms with Crippen LogP contribution in [0.3, 0.4) is 0 Å². The molecule has 8 heteroatoms. The number of alkyl halides is 3. The van der Waals surface area contributed by atoms with Crippen molar-refractivity contribution in [1.82, 2.24) is 15.1 Å². The molecule has 0 saturated heterocycles. The monoisotopic (exact) mass is 452 g/mol. The van der Waals surface area contributed by atoms with Crippen LogP contribution < -0.4 is 5.32 Å². The summed E-state index contributed by atoms with van der Waals surface area (Å²) in [6.45, 7) is 6.57. The lowest BCUT2D eigenvalue weighted by Gasteiger charge is -2.15. The number of benzene rings is 2. The maximum Gasteiger partial charge on any atom is 0.417 e. The van der Waals surface area contributed by atoms with Gasteiger partial charge in [-0.1, -0.05) is 42.4 Å².